The molecule has 5 heteroatoms. The summed E-state index contributed by atoms with van der Waals surface area (Å²) in [5.41, 5.74) is 1.04. The molecule has 0 aromatic carbocycles. The second-order valence-corrected chi connectivity index (χ2v) is 5.45. The molecular weight excluding hydrogens is 201 g/mol. The lowest BCUT2D eigenvalue weighted by atomic mass is 10.3. The lowest BCUT2D eigenvalue weighted by Gasteiger charge is -2.20. The van der Waals surface area contributed by atoms with E-state index in [1.54, 1.807) is 0 Å². The molecule has 0 saturated heterocycles. The summed E-state index contributed by atoms with van der Waals surface area (Å²) in [6.45, 7) is 6.39. The predicted octanol–water partition coefficient (Wildman–Crippen LogP) is 2.83. The number of nitrogens with zero attached hydrogens (tertiary/aromatic N) is 1. The van der Waals surface area contributed by atoms with E-state index in [4.69, 9.17) is 9.05 Å². The maximum Gasteiger partial charge on any atom is 0.354 e. The van der Waals surface area contributed by atoms with Gasteiger partial charge in [0.1, 0.15) is 0 Å². The fourth-order valence-corrected chi connectivity index (χ4v) is 3.44. The lowest BCUT2D eigenvalue weighted by molar-refractivity contribution is 0.212. The van der Waals surface area contributed by atoms with Gasteiger partial charge in [-0.15, -0.1) is 0 Å². The van der Waals surface area contributed by atoms with Gasteiger partial charge in [-0.2, -0.15) is 0 Å². The van der Waals surface area contributed by atoms with E-state index >= 15 is 0 Å². The Morgan fingerprint density at radius 1 is 1.43 bits per heavy atom. The van der Waals surface area contributed by atoms with E-state index in [-0.39, 0.29) is 5.78 Å². The van der Waals surface area contributed by atoms with Gasteiger partial charge in [-0.3, -0.25) is 9.56 Å². The van der Waals surface area contributed by atoms with Crippen LogP contribution in [0.2, 0.25) is 0 Å². The second kappa shape index (κ2) is 5.06. The topological polar surface area (TPSA) is 47.9 Å². The molecule has 1 aliphatic heterocycles. The van der Waals surface area contributed by atoms with Crippen LogP contribution < -0.4 is 0 Å². The standard InChI is InChI=1S/C9H18NO3P/c1-4-12-14(11,13-5-2)9-7-6-8(3)10-9/h9H,4-7H2,1-3H3/t9-/m1/s1. The molecule has 1 aliphatic rings. The Morgan fingerprint density at radius 3 is 2.36 bits per heavy atom. The van der Waals surface area contributed by atoms with Gasteiger partial charge in [0.15, 0.2) is 5.78 Å². The van der Waals surface area contributed by atoms with Crippen molar-refractivity contribution in [2.45, 2.75) is 39.4 Å². The Balaban J connectivity index is 2.72. The van der Waals surface area contributed by atoms with Crippen molar-refractivity contribution in [2.24, 2.45) is 4.99 Å². The Bertz CT molecular complexity index is 255. The second-order valence-electron chi connectivity index (χ2n) is 3.26. The summed E-state index contributed by atoms with van der Waals surface area (Å²) in [5, 5.41) is 0. The fourth-order valence-electron chi connectivity index (χ4n) is 1.52. The van der Waals surface area contributed by atoms with Gasteiger partial charge < -0.3 is 9.05 Å². The first-order chi connectivity index (χ1) is 6.62. The molecule has 0 N–H and O–H groups in total. The van der Waals surface area contributed by atoms with E-state index in [2.05, 4.69) is 4.99 Å². The van der Waals surface area contributed by atoms with Crippen LogP contribution in [0.3, 0.4) is 0 Å². The van der Waals surface area contributed by atoms with Gasteiger partial charge in [-0.05, 0) is 33.6 Å². The zero-order valence-corrected chi connectivity index (χ0v) is 9.92. The minimum atomic E-state index is -2.99. The van der Waals surface area contributed by atoms with Gasteiger partial charge in [0.2, 0.25) is 0 Å². The molecular formula is C9H18NO3P. The van der Waals surface area contributed by atoms with Gasteiger partial charge in [0, 0.05) is 5.71 Å². The highest BCUT2D eigenvalue weighted by atomic mass is 31.2. The third-order valence-corrected chi connectivity index (χ3v) is 4.46. The third kappa shape index (κ3) is 2.66. The predicted molar refractivity (Wildman–Crippen MR) is 57.0 cm³/mol. The Labute approximate surface area is 85.2 Å². The molecule has 14 heavy (non-hydrogen) atoms. The summed E-state index contributed by atoms with van der Waals surface area (Å²) >= 11 is 0. The first kappa shape index (κ1) is 11.9. The smallest absolute Gasteiger partial charge is 0.307 e. The first-order valence-electron chi connectivity index (χ1n) is 5.04. The highest BCUT2D eigenvalue weighted by Crippen LogP contribution is 2.56. The van der Waals surface area contributed by atoms with Gasteiger partial charge in [0.05, 0.1) is 13.2 Å². The average Bonchev–Trinajstić information content (AvgIpc) is 2.53. The van der Waals surface area contributed by atoms with Gasteiger partial charge >= 0.3 is 7.60 Å². The van der Waals surface area contributed by atoms with Crippen LogP contribution in [-0.2, 0) is 13.6 Å². The SMILES string of the molecule is CCOP(=O)(OCC)[C@@H]1CCC(C)=N1. The quantitative estimate of drug-likeness (QED) is 0.668. The van der Waals surface area contributed by atoms with Crippen molar-refractivity contribution >= 4 is 13.3 Å². The van der Waals surface area contributed by atoms with Crippen molar-refractivity contribution in [1.82, 2.24) is 0 Å². The zero-order valence-electron chi connectivity index (χ0n) is 9.02. The van der Waals surface area contributed by atoms with Crippen LogP contribution in [-0.4, -0.2) is 24.7 Å². The van der Waals surface area contributed by atoms with Crippen LogP contribution >= 0.6 is 7.60 Å². The van der Waals surface area contributed by atoms with E-state index in [1.165, 1.54) is 0 Å². The van der Waals surface area contributed by atoms with Crippen LogP contribution in [0.4, 0.5) is 0 Å². The van der Waals surface area contributed by atoms with Crippen molar-refractivity contribution in [3.63, 3.8) is 0 Å². The van der Waals surface area contributed by atoms with Gasteiger partial charge in [-0.1, -0.05) is 0 Å². The summed E-state index contributed by atoms with van der Waals surface area (Å²) in [4.78, 5) is 4.30. The van der Waals surface area contributed by atoms with E-state index in [9.17, 15) is 4.57 Å². The number of hydrogen-bond acceptors (Lipinski definition) is 4. The van der Waals surface area contributed by atoms with Crippen LogP contribution in [0.25, 0.3) is 0 Å². The molecule has 4 nitrogen and oxygen atoms in total. The third-order valence-electron chi connectivity index (χ3n) is 2.12. The van der Waals surface area contributed by atoms with E-state index in [0.29, 0.717) is 13.2 Å². The van der Waals surface area contributed by atoms with Gasteiger partial charge in [0.25, 0.3) is 0 Å². The first-order valence-corrected chi connectivity index (χ1v) is 6.65. The van der Waals surface area contributed by atoms with Crippen LogP contribution in [0, 0.1) is 0 Å². The fraction of sp³-hybridized carbons (Fsp3) is 0.889. The lowest BCUT2D eigenvalue weighted by Crippen LogP contribution is -2.08. The highest BCUT2D eigenvalue weighted by Gasteiger charge is 2.37. The molecule has 1 heterocycles. The largest absolute Gasteiger partial charge is 0.354 e. The molecule has 0 radical (unpaired) electrons. The average molecular weight is 219 g/mol. The summed E-state index contributed by atoms with van der Waals surface area (Å²) in [6.07, 6.45) is 1.68. The minimum absolute atomic E-state index is 0.276. The van der Waals surface area contributed by atoms with Crippen LogP contribution in [0.1, 0.15) is 33.6 Å². The molecule has 0 unspecified atom stereocenters. The number of hydrogen-bond donors (Lipinski definition) is 0. The maximum absolute atomic E-state index is 12.2. The summed E-state index contributed by atoms with van der Waals surface area (Å²) in [7, 11) is -2.99. The molecule has 0 aromatic rings. The minimum Gasteiger partial charge on any atom is -0.307 e. The Morgan fingerprint density at radius 2 is 2.00 bits per heavy atom. The van der Waals surface area contributed by atoms with E-state index < -0.39 is 7.60 Å². The van der Waals surface area contributed by atoms with Crippen molar-refractivity contribution in [3.05, 3.63) is 0 Å². The molecule has 0 aliphatic carbocycles. The molecule has 0 bridgehead atoms. The molecule has 0 fully saturated rings. The molecule has 1 rings (SSSR count). The monoisotopic (exact) mass is 219 g/mol. The summed E-state index contributed by atoms with van der Waals surface area (Å²) in [5.74, 6) is -0.276. The van der Waals surface area contributed by atoms with Crippen LogP contribution in [0.5, 0.6) is 0 Å². The van der Waals surface area contributed by atoms with Crippen molar-refractivity contribution in [2.75, 3.05) is 13.2 Å². The molecule has 1 atom stereocenters. The van der Waals surface area contributed by atoms with Gasteiger partial charge in [-0.25, -0.2) is 0 Å². The zero-order chi connectivity index (χ0) is 10.6. The number of aliphatic imine (C=N–C) groups is 1. The van der Waals surface area contributed by atoms with Crippen molar-refractivity contribution in [1.29, 1.82) is 0 Å². The molecule has 82 valence electrons. The van der Waals surface area contributed by atoms with Crippen molar-refractivity contribution < 1.29 is 13.6 Å². The highest BCUT2D eigenvalue weighted by molar-refractivity contribution is 7.54. The summed E-state index contributed by atoms with van der Waals surface area (Å²) in [6, 6.07) is 0. The Kier molecular flexibility index (Phi) is 4.30. The molecule has 0 amide bonds. The van der Waals surface area contributed by atoms with Crippen LogP contribution in [0.15, 0.2) is 4.99 Å². The molecule has 0 aromatic heterocycles. The summed E-state index contributed by atoms with van der Waals surface area (Å²) < 4.78 is 22.7. The Hall–Kier alpha value is -0.180. The molecule has 0 saturated carbocycles. The van der Waals surface area contributed by atoms with E-state index in [0.717, 1.165) is 18.6 Å². The van der Waals surface area contributed by atoms with E-state index in [1.807, 2.05) is 20.8 Å². The number of rotatable bonds is 5. The van der Waals surface area contributed by atoms with Crippen molar-refractivity contribution in [3.8, 4) is 0 Å². The normalized spacial score (nSPS) is 22.5. The molecule has 0 spiro atoms. The maximum atomic E-state index is 12.2.